The van der Waals surface area contributed by atoms with E-state index >= 15 is 0 Å². The summed E-state index contributed by atoms with van der Waals surface area (Å²) >= 11 is 0. The van der Waals surface area contributed by atoms with Crippen LogP contribution in [0.4, 0.5) is 5.69 Å². The van der Waals surface area contributed by atoms with Crippen LogP contribution in [0.25, 0.3) is 11.5 Å². The number of benzene rings is 1. The van der Waals surface area contributed by atoms with Gasteiger partial charge in [0.05, 0.1) is 5.56 Å². The third-order valence-corrected chi connectivity index (χ3v) is 6.55. The Labute approximate surface area is 158 Å². The molecule has 2 aromatic heterocycles. The molecule has 1 aliphatic carbocycles. The minimum atomic E-state index is -3.83. The monoisotopic (exact) mass is 386 g/mol. The van der Waals surface area contributed by atoms with Crippen molar-refractivity contribution in [3.05, 3.63) is 47.1 Å². The average molecular weight is 386 g/mol. The van der Waals surface area contributed by atoms with Crippen molar-refractivity contribution < 1.29 is 12.8 Å². The molecule has 142 valence electrons. The first-order valence-corrected chi connectivity index (χ1v) is 10.5. The van der Waals surface area contributed by atoms with Crippen molar-refractivity contribution >= 4 is 15.7 Å². The highest BCUT2D eigenvalue weighted by molar-refractivity contribution is 7.93. The van der Waals surface area contributed by atoms with Gasteiger partial charge in [-0.25, -0.2) is 8.42 Å². The molecule has 1 saturated carbocycles. The van der Waals surface area contributed by atoms with Gasteiger partial charge >= 0.3 is 0 Å². The van der Waals surface area contributed by atoms with E-state index in [1.165, 1.54) is 0 Å². The number of anilines is 1. The zero-order valence-electron chi connectivity index (χ0n) is 15.5. The SMILES string of the molecule is Cc1ccc(NS(=O)(=O)c2c(C)[nH]c(C)c2-c2nnc(C3CCC3)o2)cc1. The van der Waals surface area contributed by atoms with Gasteiger partial charge in [0.25, 0.3) is 15.9 Å². The van der Waals surface area contributed by atoms with E-state index in [4.69, 9.17) is 4.42 Å². The molecular formula is C19H22N4O3S. The largest absolute Gasteiger partial charge is 0.420 e. The van der Waals surface area contributed by atoms with Crippen LogP contribution in [0.1, 0.15) is 48.0 Å². The second-order valence-corrected chi connectivity index (χ2v) is 8.74. The first kappa shape index (κ1) is 17.8. The Morgan fingerprint density at radius 3 is 2.41 bits per heavy atom. The lowest BCUT2D eigenvalue weighted by Gasteiger charge is -2.20. The van der Waals surface area contributed by atoms with Crippen LogP contribution in [0.3, 0.4) is 0 Å². The fraction of sp³-hybridized carbons (Fsp3) is 0.368. The van der Waals surface area contributed by atoms with Crippen molar-refractivity contribution in [2.45, 2.75) is 50.8 Å². The molecule has 0 saturated heterocycles. The summed E-state index contributed by atoms with van der Waals surface area (Å²) in [7, 11) is -3.83. The molecule has 8 heteroatoms. The van der Waals surface area contributed by atoms with Gasteiger partial charge in [-0.15, -0.1) is 10.2 Å². The smallest absolute Gasteiger partial charge is 0.264 e. The average Bonchev–Trinajstić information content (AvgIpc) is 3.12. The van der Waals surface area contributed by atoms with Gasteiger partial charge in [0.1, 0.15) is 4.90 Å². The molecule has 0 atom stereocenters. The molecule has 0 bridgehead atoms. The molecule has 0 unspecified atom stereocenters. The lowest BCUT2D eigenvalue weighted by Crippen LogP contribution is -2.14. The van der Waals surface area contributed by atoms with E-state index in [-0.39, 0.29) is 16.7 Å². The molecule has 3 aromatic rings. The summed E-state index contributed by atoms with van der Waals surface area (Å²) < 4.78 is 34.7. The van der Waals surface area contributed by atoms with Gasteiger partial charge in [0.15, 0.2) is 0 Å². The third kappa shape index (κ3) is 3.25. The Kier molecular flexibility index (Phi) is 4.30. The number of sulfonamides is 1. The van der Waals surface area contributed by atoms with E-state index in [2.05, 4.69) is 19.9 Å². The van der Waals surface area contributed by atoms with Crippen molar-refractivity contribution in [1.29, 1.82) is 0 Å². The fourth-order valence-electron chi connectivity index (χ4n) is 3.34. The van der Waals surface area contributed by atoms with Crippen LogP contribution in [-0.4, -0.2) is 23.6 Å². The van der Waals surface area contributed by atoms with Crippen LogP contribution in [0.15, 0.2) is 33.6 Å². The lowest BCUT2D eigenvalue weighted by atomic mass is 9.85. The molecule has 1 aromatic carbocycles. The van der Waals surface area contributed by atoms with Crippen molar-refractivity contribution in [3.8, 4) is 11.5 Å². The minimum Gasteiger partial charge on any atom is -0.420 e. The Morgan fingerprint density at radius 2 is 1.78 bits per heavy atom. The van der Waals surface area contributed by atoms with Crippen LogP contribution in [0.5, 0.6) is 0 Å². The summed E-state index contributed by atoms with van der Waals surface area (Å²) in [5.41, 5.74) is 3.21. The Bertz CT molecular complexity index is 1080. The number of aromatic nitrogens is 3. The maximum absolute atomic E-state index is 13.1. The summed E-state index contributed by atoms with van der Waals surface area (Å²) in [4.78, 5) is 3.24. The number of hydrogen-bond donors (Lipinski definition) is 2. The number of rotatable bonds is 5. The zero-order valence-corrected chi connectivity index (χ0v) is 16.4. The number of H-pyrrole nitrogens is 1. The highest BCUT2D eigenvalue weighted by Gasteiger charge is 2.31. The standard InChI is InChI=1S/C19H22N4O3S/c1-11-7-9-15(10-8-11)23-27(24,25)17-13(3)20-12(2)16(17)19-22-21-18(26-19)14-5-4-6-14/h7-10,14,20,23H,4-6H2,1-3H3. The van der Waals surface area contributed by atoms with Gasteiger partial charge in [0.2, 0.25) is 5.89 Å². The predicted octanol–water partition coefficient (Wildman–Crippen LogP) is 4.06. The number of nitrogens with one attached hydrogen (secondary N) is 2. The third-order valence-electron chi connectivity index (χ3n) is 5.00. The molecule has 7 nitrogen and oxygen atoms in total. The van der Waals surface area contributed by atoms with Gasteiger partial charge in [-0.3, -0.25) is 4.72 Å². The highest BCUT2D eigenvalue weighted by Crippen LogP contribution is 2.39. The van der Waals surface area contributed by atoms with E-state index in [1.54, 1.807) is 26.0 Å². The van der Waals surface area contributed by atoms with Gasteiger partial charge in [0, 0.05) is 23.0 Å². The second kappa shape index (κ2) is 6.53. The van der Waals surface area contributed by atoms with Gasteiger partial charge in [-0.05, 0) is 45.7 Å². The fourth-order valence-corrected chi connectivity index (χ4v) is 4.85. The molecule has 1 aliphatic rings. The topological polar surface area (TPSA) is 101 Å². The number of nitrogens with zero attached hydrogens (tertiary/aromatic N) is 2. The van der Waals surface area contributed by atoms with Crippen LogP contribution < -0.4 is 4.72 Å². The van der Waals surface area contributed by atoms with E-state index in [9.17, 15) is 8.42 Å². The summed E-state index contributed by atoms with van der Waals surface area (Å²) in [6, 6.07) is 7.19. The molecular weight excluding hydrogens is 364 g/mol. The van der Waals surface area contributed by atoms with Gasteiger partial charge in [-0.1, -0.05) is 24.1 Å². The second-order valence-electron chi connectivity index (χ2n) is 7.12. The molecule has 27 heavy (non-hydrogen) atoms. The summed E-state index contributed by atoms with van der Waals surface area (Å²) in [5.74, 6) is 1.12. The molecule has 0 amide bonds. The zero-order chi connectivity index (χ0) is 19.2. The van der Waals surface area contributed by atoms with E-state index < -0.39 is 10.0 Å². The summed E-state index contributed by atoms with van der Waals surface area (Å²) in [6.07, 6.45) is 3.23. The van der Waals surface area contributed by atoms with E-state index in [1.807, 2.05) is 19.1 Å². The molecule has 2 heterocycles. The number of hydrogen-bond acceptors (Lipinski definition) is 5. The van der Waals surface area contributed by atoms with Crippen molar-refractivity contribution in [2.75, 3.05) is 4.72 Å². The predicted molar refractivity (Wildman–Crippen MR) is 102 cm³/mol. The first-order chi connectivity index (χ1) is 12.8. The van der Waals surface area contributed by atoms with Crippen molar-refractivity contribution in [1.82, 2.24) is 15.2 Å². The maximum atomic E-state index is 13.1. The molecule has 0 aliphatic heterocycles. The van der Waals surface area contributed by atoms with Crippen LogP contribution in [-0.2, 0) is 10.0 Å². The minimum absolute atomic E-state index is 0.143. The number of aryl methyl sites for hydroxylation is 3. The Hall–Kier alpha value is -2.61. The molecule has 4 rings (SSSR count). The van der Waals surface area contributed by atoms with Gasteiger partial charge < -0.3 is 9.40 Å². The summed E-state index contributed by atoms with van der Waals surface area (Å²) in [6.45, 7) is 5.48. The van der Waals surface area contributed by atoms with E-state index in [0.717, 1.165) is 24.8 Å². The normalized spacial score (nSPS) is 14.9. The van der Waals surface area contributed by atoms with Gasteiger partial charge in [-0.2, -0.15) is 0 Å². The van der Waals surface area contributed by atoms with Crippen molar-refractivity contribution in [3.63, 3.8) is 0 Å². The first-order valence-electron chi connectivity index (χ1n) is 8.97. The van der Waals surface area contributed by atoms with E-state index in [0.29, 0.717) is 28.5 Å². The van der Waals surface area contributed by atoms with Crippen LogP contribution >= 0.6 is 0 Å². The van der Waals surface area contributed by atoms with Crippen LogP contribution in [0, 0.1) is 20.8 Å². The summed E-state index contributed by atoms with van der Waals surface area (Å²) in [5, 5.41) is 8.26. The highest BCUT2D eigenvalue weighted by atomic mass is 32.2. The molecule has 0 radical (unpaired) electrons. The van der Waals surface area contributed by atoms with Crippen LogP contribution in [0.2, 0.25) is 0 Å². The molecule has 0 spiro atoms. The lowest BCUT2D eigenvalue weighted by molar-refractivity contribution is 0.338. The molecule has 2 N–H and O–H groups in total. The maximum Gasteiger partial charge on any atom is 0.264 e. The Balaban J connectivity index is 1.74. The molecule has 1 fully saturated rings. The van der Waals surface area contributed by atoms with Crippen molar-refractivity contribution in [2.24, 2.45) is 0 Å². The quantitative estimate of drug-likeness (QED) is 0.689. The number of aromatic amines is 1. The Morgan fingerprint density at radius 1 is 1.07 bits per heavy atom.